The van der Waals surface area contributed by atoms with Crippen LogP contribution in [0.25, 0.3) is 0 Å². The standard InChI is InChI=1S/C14H14BrN3O2S/c1-14(2)6-9-11(12(20)18-14)21-13(17-9)16-8-5-7(15)3-4-10(8)19/h3-5,19H,6H2,1-2H3,(H,16,17)(H,18,20). The summed E-state index contributed by atoms with van der Waals surface area (Å²) in [5.74, 6) is 0.0430. The molecule has 5 nitrogen and oxygen atoms in total. The number of nitrogens with zero attached hydrogens (tertiary/aromatic N) is 1. The second-order valence-electron chi connectivity index (χ2n) is 5.60. The SMILES string of the molecule is CC1(C)Cc2nc(Nc3cc(Br)ccc3O)sc2C(=O)N1. The van der Waals surface area contributed by atoms with Gasteiger partial charge in [-0.3, -0.25) is 4.79 Å². The van der Waals surface area contributed by atoms with Crippen LogP contribution in [-0.4, -0.2) is 21.5 Å². The molecule has 0 radical (unpaired) electrons. The fraction of sp³-hybridized carbons (Fsp3) is 0.286. The highest BCUT2D eigenvalue weighted by Crippen LogP contribution is 2.34. The van der Waals surface area contributed by atoms with Crippen molar-refractivity contribution in [3.63, 3.8) is 0 Å². The maximum Gasteiger partial charge on any atom is 0.263 e. The van der Waals surface area contributed by atoms with Crippen molar-refractivity contribution in [3.8, 4) is 5.75 Å². The summed E-state index contributed by atoms with van der Waals surface area (Å²) >= 11 is 4.65. The van der Waals surface area contributed by atoms with Crippen LogP contribution < -0.4 is 10.6 Å². The van der Waals surface area contributed by atoms with Crippen molar-refractivity contribution in [2.45, 2.75) is 25.8 Å². The molecule has 1 aromatic carbocycles. The number of phenols is 1. The van der Waals surface area contributed by atoms with E-state index in [2.05, 4.69) is 31.5 Å². The quantitative estimate of drug-likeness (QED) is 0.711. The average Bonchev–Trinajstić information content (AvgIpc) is 2.75. The van der Waals surface area contributed by atoms with Crippen LogP contribution in [0.2, 0.25) is 0 Å². The normalized spacial score (nSPS) is 16.2. The molecule has 7 heteroatoms. The van der Waals surface area contributed by atoms with Gasteiger partial charge in [0, 0.05) is 16.4 Å². The smallest absolute Gasteiger partial charge is 0.263 e. The van der Waals surface area contributed by atoms with E-state index < -0.39 is 0 Å². The second kappa shape index (κ2) is 4.99. The number of halogens is 1. The molecule has 0 spiro atoms. The topological polar surface area (TPSA) is 74.2 Å². The van der Waals surface area contributed by atoms with Crippen molar-refractivity contribution >= 4 is 44.0 Å². The monoisotopic (exact) mass is 367 g/mol. The fourth-order valence-electron chi connectivity index (χ4n) is 2.25. The number of rotatable bonds is 2. The largest absolute Gasteiger partial charge is 0.506 e. The number of aromatic nitrogens is 1. The molecule has 1 amide bonds. The van der Waals surface area contributed by atoms with Gasteiger partial charge in [0.05, 0.1) is 11.4 Å². The van der Waals surface area contributed by atoms with Crippen LogP contribution in [-0.2, 0) is 6.42 Å². The van der Waals surface area contributed by atoms with Crippen LogP contribution in [0.4, 0.5) is 10.8 Å². The highest BCUT2D eigenvalue weighted by molar-refractivity contribution is 9.10. The third-order valence-electron chi connectivity index (χ3n) is 3.17. The lowest BCUT2D eigenvalue weighted by Gasteiger charge is -2.29. The number of carbonyl (C=O) groups is 1. The van der Waals surface area contributed by atoms with Gasteiger partial charge in [-0.2, -0.15) is 0 Å². The Morgan fingerprint density at radius 2 is 2.24 bits per heavy atom. The van der Waals surface area contributed by atoms with E-state index in [4.69, 9.17) is 0 Å². The Balaban J connectivity index is 1.92. The van der Waals surface area contributed by atoms with Crippen LogP contribution in [0.3, 0.4) is 0 Å². The van der Waals surface area contributed by atoms with Gasteiger partial charge in [-0.25, -0.2) is 4.98 Å². The first kappa shape index (κ1) is 14.3. The van der Waals surface area contributed by atoms with Crippen LogP contribution in [0.1, 0.15) is 29.2 Å². The molecule has 1 aliphatic rings. The molecule has 1 aliphatic heterocycles. The van der Waals surface area contributed by atoms with Gasteiger partial charge in [0.2, 0.25) is 0 Å². The van der Waals surface area contributed by atoms with Crippen LogP contribution >= 0.6 is 27.3 Å². The third kappa shape index (κ3) is 2.89. The van der Waals surface area contributed by atoms with Gasteiger partial charge < -0.3 is 15.7 Å². The minimum absolute atomic E-state index is 0.0923. The number of hydrogen-bond donors (Lipinski definition) is 3. The molecule has 0 saturated carbocycles. The lowest BCUT2D eigenvalue weighted by atomic mass is 9.94. The maximum atomic E-state index is 12.1. The Kier molecular flexibility index (Phi) is 3.41. The van der Waals surface area contributed by atoms with Gasteiger partial charge in [-0.15, -0.1) is 0 Å². The Hall–Kier alpha value is -1.60. The van der Waals surface area contributed by atoms with Crippen molar-refractivity contribution in [1.82, 2.24) is 10.3 Å². The van der Waals surface area contributed by atoms with E-state index in [1.54, 1.807) is 18.2 Å². The maximum absolute atomic E-state index is 12.1. The summed E-state index contributed by atoms with van der Waals surface area (Å²) in [6.07, 6.45) is 0.691. The van der Waals surface area contributed by atoms with Crippen molar-refractivity contribution in [2.24, 2.45) is 0 Å². The van der Waals surface area contributed by atoms with Gasteiger partial charge in [0.15, 0.2) is 5.13 Å². The number of fused-ring (bicyclic) bond motifs is 1. The fourth-order valence-corrected chi connectivity index (χ4v) is 3.50. The van der Waals surface area contributed by atoms with Crippen LogP contribution in [0, 0.1) is 0 Å². The van der Waals surface area contributed by atoms with E-state index in [-0.39, 0.29) is 17.2 Å². The first-order valence-electron chi connectivity index (χ1n) is 6.42. The summed E-state index contributed by atoms with van der Waals surface area (Å²) in [4.78, 5) is 17.2. The van der Waals surface area contributed by atoms with Crippen LogP contribution in [0.15, 0.2) is 22.7 Å². The van der Waals surface area contributed by atoms with Gasteiger partial charge in [0.1, 0.15) is 10.6 Å². The minimum atomic E-state index is -0.284. The Bertz CT molecular complexity index is 727. The van der Waals surface area contributed by atoms with Gasteiger partial charge >= 0.3 is 0 Å². The highest BCUT2D eigenvalue weighted by atomic mass is 79.9. The molecule has 0 bridgehead atoms. The summed E-state index contributed by atoms with van der Waals surface area (Å²) in [6, 6.07) is 5.11. The summed E-state index contributed by atoms with van der Waals surface area (Å²) < 4.78 is 0.850. The first-order valence-corrected chi connectivity index (χ1v) is 8.03. The van der Waals surface area contributed by atoms with Gasteiger partial charge in [0.25, 0.3) is 5.91 Å². The number of carbonyl (C=O) groups excluding carboxylic acids is 1. The number of amides is 1. The average molecular weight is 368 g/mol. The zero-order valence-electron chi connectivity index (χ0n) is 11.5. The molecule has 0 unspecified atom stereocenters. The molecule has 0 atom stereocenters. The summed E-state index contributed by atoms with van der Waals surface area (Å²) in [6.45, 7) is 3.95. The molecule has 110 valence electrons. The number of nitrogens with one attached hydrogen (secondary N) is 2. The molecule has 3 N–H and O–H groups in total. The summed E-state index contributed by atoms with van der Waals surface area (Å²) in [5.41, 5.74) is 1.06. The number of aromatic hydroxyl groups is 1. The molecule has 0 saturated heterocycles. The number of anilines is 2. The molecule has 0 aliphatic carbocycles. The molecular weight excluding hydrogens is 354 g/mol. The lowest BCUT2D eigenvalue weighted by molar-refractivity contribution is 0.0901. The highest BCUT2D eigenvalue weighted by Gasteiger charge is 2.33. The molecule has 0 fully saturated rings. The second-order valence-corrected chi connectivity index (χ2v) is 7.51. The first-order chi connectivity index (χ1) is 9.84. The van der Waals surface area contributed by atoms with E-state index in [0.29, 0.717) is 22.1 Å². The molecule has 21 heavy (non-hydrogen) atoms. The third-order valence-corrected chi connectivity index (χ3v) is 4.67. The zero-order valence-corrected chi connectivity index (χ0v) is 13.9. The van der Waals surface area contributed by atoms with Gasteiger partial charge in [-0.05, 0) is 32.0 Å². The van der Waals surface area contributed by atoms with Gasteiger partial charge in [-0.1, -0.05) is 27.3 Å². The van der Waals surface area contributed by atoms with E-state index in [9.17, 15) is 9.90 Å². The van der Waals surface area contributed by atoms with Crippen molar-refractivity contribution in [1.29, 1.82) is 0 Å². The molecular formula is C14H14BrN3O2S. The predicted molar refractivity (Wildman–Crippen MR) is 86.5 cm³/mol. The van der Waals surface area contributed by atoms with Crippen molar-refractivity contribution in [3.05, 3.63) is 33.2 Å². The molecule has 1 aromatic heterocycles. The van der Waals surface area contributed by atoms with E-state index >= 15 is 0 Å². The Morgan fingerprint density at radius 1 is 1.48 bits per heavy atom. The summed E-state index contributed by atoms with van der Waals surface area (Å²) in [7, 11) is 0. The Labute approximate surface area is 134 Å². The van der Waals surface area contributed by atoms with E-state index in [0.717, 1.165) is 10.2 Å². The predicted octanol–water partition coefficient (Wildman–Crippen LogP) is 3.42. The van der Waals surface area contributed by atoms with Crippen molar-refractivity contribution < 1.29 is 9.90 Å². The number of hydrogen-bond acceptors (Lipinski definition) is 5. The Morgan fingerprint density at radius 3 is 3.00 bits per heavy atom. The molecule has 3 rings (SSSR count). The minimum Gasteiger partial charge on any atom is -0.506 e. The molecule has 2 aromatic rings. The number of thiazole rings is 1. The zero-order chi connectivity index (χ0) is 15.2. The van der Waals surface area contributed by atoms with E-state index in [1.165, 1.54) is 11.3 Å². The van der Waals surface area contributed by atoms with Crippen molar-refractivity contribution in [2.75, 3.05) is 5.32 Å². The number of phenolic OH excluding ortho intramolecular Hbond substituents is 1. The lowest BCUT2D eigenvalue weighted by Crippen LogP contribution is -2.48. The van der Waals surface area contributed by atoms with E-state index in [1.807, 2.05) is 13.8 Å². The number of benzene rings is 1. The summed E-state index contributed by atoms with van der Waals surface area (Å²) in [5, 5.41) is 16.5. The van der Waals surface area contributed by atoms with Crippen LogP contribution in [0.5, 0.6) is 5.75 Å². The molecule has 2 heterocycles.